The van der Waals surface area contributed by atoms with Gasteiger partial charge >= 0.3 is 5.97 Å². The van der Waals surface area contributed by atoms with Gasteiger partial charge in [0.2, 0.25) is 6.33 Å². The quantitative estimate of drug-likeness (QED) is 0.302. The number of aliphatic carboxylic acids is 1. The molecule has 24 heavy (non-hydrogen) atoms. The Balaban J connectivity index is 1.68. The predicted molar refractivity (Wildman–Crippen MR) is 97.9 cm³/mol. The van der Waals surface area contributed by atoms with Gasteiger partial charge in [0.1, 0.15) is 12.4 Å². The minimum absolute atomic E-state index is 0.338. The van der Waals surface area contributed by atoms with Crippen LogP contribution < -0.4 is 4.57 Å². The first-order chi connectivity index (χ1) is 11.8. The van der Waals surface area contributed by atoms with Gasteiger partial charge in [0.15, 0.2) is 0 Å². The Bertz CT molecular complexity index is 390. The minimum Gasteiger partial charge on any atom is -0.481 e. The molecule has 0 atom stereocenters. The molecule has 0 radical (unpaired) electrons. The first kappa shape index (κ1) is 20.7. The highest BCUT2D eigenvalue weighted by molar-refractivity contribution is 5.66. The normalized spacial score (nSPS) is 11.0. The first-order valence-corrected chi connectivity index (χ1v) is 10.0. The molecule has 0 aromatic carbocycles. The largest absolute Gasteiger partial charge is 0.481 e. The molecule has 0 fully saturated rings. The molecule has 0 amide bonds. The smallest absolute Gasteiger partial charge is 0.303 e. The Kier molecular flexibility index (Phi) is 13.1. The number of hydrogen-bond donors (Lipinski definition) is 2. The van der Waals surface area contributed by atoms with Crippen molar-refractivity contribution in [1.82, 2.24) is 4.98 Å². The van der Waals surface area contributed by atoms with Gasteiger partial charge in [-0.15, -0.1) is 0 Å². The summed E-state index contributed by atoms with van der Waals surface area (Å²) in [6.07, 6.45) is 24.5. The molecule has 4 heteroatoms. The standard InChI is InChI=1S/C20H36N2O2/c23-20(24)15-13-11-9-7-5-3-1-2-4-6-8-10-12-14-17-22-18-16-21-19-22/h16,18-19H,1-15,17H2,(H,23,24)/p+1. The lowest BCUT2D eigenvalue weighted by Crippen LogP contribution is -2.30. The molecule has 0 aliphatic heterocycles. The summed E-state index contributed by atoms with van der Waals surface area (Å²) in [6.45, 7) is 1.14. The summed E-state index contributed by atoms with van der Waals surface area (Å²) >= 11 is 0. The summed E-state index contributed by atoms with van der Waals surface area (Å²) in [4.78, 5) is 13.5. The van der Waals surface area contributed by atoms with Gasteiger partial charge in [-0.1, -0.05) is 70.6 Å². The molecule has 4 nitrogen and oxygen atoms in total. The van der Waals surface area contributed by atoms with Crippen LogP contribution in [0.25, 0.3) is 0 Å². The van der Waals surface area contributed by atoms with Gasteiger partial charge in [-0.25, -0.2) is 4.57 Å². The van der Waals surface area contributed by atoms with Crippen LogP contribution in [-0.2, 0) is 11.3 Å². The molecule has 1 rings (SSSR count). The number of carbonyl (C=O) groups is 1. The van der Waals surface area contributed by atoms with E-state index in [-0.39, 0.29) is 0 Å². The number of aromatic amines is 1. The molecule has 0 saturated heterocycles. The van der Waals surface area contributed by atoms with Gasteiger partial charge < -0.3 is 5.11 Å². The average Bonchev–Trinajstić information content (AvgIpc) is 3.07. The van der Waals surface area contributed by atoms with Gasteiger partial charge in [-0.05, 0) is 19.3 Å². The second-order valence-electron chi connectivity index (χ2n) is 6.94. The molecular formula is C20H37N2O2+. The number of nitrogens with zero attached hydrogens (tertiary/aromatic N) is 1. The maximum atomic E-state index is 10.4. The van der Waals surface area contributed by atoms with E-state index in [1.54, 1.807) is 0 Å². The second-order valence-corrected chi connectivity index (χ2v) is 6.94. The third kappa shape index (κ3) is 13.1. The summed E-state index contributed by atoms with van der Waals surface area (Å²) in [5.41, 5.74) is 0. The molecular weight excluding hydrogens is 300 g/mol. The van der Waals surface area contributed by atoms with Gasteiger partial charge in [0.25, 0.3) is 0 Å². The Labute approximate surface area is 147 Å². The molecule has 0 unspecified atom stereocenters. The third-order valence-corrected chi connectivity index (χ3v) is 4.66. The summed E-state index contributed by atoms with van der Waals surface area (Å²) < 4.78 is 2.21. The van der Waals surface area contributed by atoms with Crippen molar-refractivity contribution in [3.8, 4) is 0 Å². The fraction of sp³-hybridized carbons (Fsp3) is 0.800. The summed E-state index contributed by atoms with van der Waals surface area (Å²) in [5.74, 6) is -0.658. The number of aryl methyl sites for hydroxylation is 1. The number of unbranched alkanes of at least 4 members (excludes halogenated alkanes) is 13. The zero-order valence-corrected chi connectivity index (χ0v) is 15.3. The Hall–Kier alpha value is -1.32. The predicted octanol–water partition coefficient (Wildman–Crippen LogP) is 5.24. The molecule has 1 aromatic rings. The molecule has 0 aliphatic carbocycles. The maximum absolute atomic E-state index is 10.4. The van der Waals surface area contributed by atoms with Crippen LogP contribution in [-0.4, -0.2) is 16.1 Å². The lowest BCUT2D eigenvalue weighted by molar-refractivity contribution is -0.696. The molecule has 1 heterocycles. The van der Waals surface area contributed by atoms with Crippen LogP contribution in [0.15, 0.2) is 18.7 Å². The van der Waals surface area contributed by atoms with Crippen molar-refractivity contribution in [2.75, 3.05) is 0 Å². The van der Waals surface area contributed by atoms with Gasteiger partial charge in [0.05, 0.1) is 6.54 Å². The van der Waals surface area contributed by atoms with E-state index < -0.39 is 5.97 Å². The molecule has 138 valence electrons. The van der Waals surface area contributed by atoms with Gasteiger partial charge in [-0.3, -0.25) is 9.78 Å². The van der Waals surface area contributed by atoms with E-state index in [0.717, 1.165) is 19.4 Å². The van der Waals surface area contributed by atoms with Crippen LogP contribution in [0.2, 0.25) is 0 Å². The van der Waals surface area contributed by atoms with E-state index in [2.05, 4.69) is 15.7 Å². The molecule has 0 aliphatic rings. The third-order valence-electron chi connectivity index (χ3n) is 4.66. The second kappa shape index (κ2) is 15.2. The van der Waals surface area contributed by atoms with E-state index in [9.17, 15) is 4.79 Å². The fourth-order valence-corrected chi connectivity index (χ4v) is 3.15. The Morgan fingerprint density at radius 2 is 1.21 bits per heavy atom. The number of carboxylic acids is 1. The first-order valence-electron chi connectivity index (χ1n) is 10.0. The number of nitrogens with one attached hydrogen (secondary N) is 1. The Morgan fingerprint density at radius 3 is 1.62 bits per heavy atom. The molecule has 2 N–H and O–H groups in total. The molecule has 0 saturated carbocycles. The average molecular weight is 338 g/mol. The van der Waals surface area contributed by atoms with Crippen molar-refractivity contribution >= 4 is 5.97 Å². The number of rotatable bonds is 17. The van der Waals surface area contributed by atoms with E-state index in [1.807, 2.05) is 12.5 Å². The molecule has 0 bridgehead atoms. The summed E-state index contributed by atoms with van der Waals surface area (Å²) in [5, 5.41) is 8.55. The number of imidazole rings is 1. The van der Waals surface area contributed by atoms with Crippen molar-refractivity contribution in [1.29, 1.82) is 0 Å². The lowest BCUT2D eigenvalue weighted by Gasteiger charge is -2.03. The monoisotopic (exact) mass is 337 g/mol. The van der Waals surface area contributed by atoms with Crippen LogP contribution in [0.5, 0.6) is 0 Å². The highest BCUT2D eigenvalue weighted by Crippen LogP contribution is 2.13. The zero-order valence-electron chi connectivity index (χ0n) is 15.3. The topological polar surface area (TPSA) is 57.0 Å². The van der Waals surface area contributed by atoms with Crippen molar-refractivity contribution in [2.45, 2.75) is 103 Å². The highest BCUT2D eigenvalue weighted by Gasteiger charge is 1.98. The fourth-order valence-electron chi connectivity index (χ4n) is 3.15. The molecule has 1 aromatic heterocycles. The SMILES string of the molecule is O=C(O)CCCCCCCCCCCCCCCC[n+]1cc[nH]c1. The minimum atomic E-state index is -0.658. The van der Waals surface area contributed by atoms with Crippen LogP contribution in [0, 0.1) is 0 Å². The lowest BCUT2D eigenvalue weighted by atomic mass is 10.0. The van der Waals surface area contributed by atoms with Crippen LogP contribution in [0.3, 0.4) is 0 Å². The summed E-state index contributed by atoms with van der Waals surface area (Å²) in [7, 11) is 0. The zero-order chi connectivity index (χ0) is 17.3. The van der Waals surface area contributed by atoms with Crippen LogP contribution >= 0.6 is 0 Å². The van der Waals surface area contributed by atoms with E-state index in [1.165, 1.54) is 77.0 Å². The van der Waals surface area contributed by atoms with E-state index >= 15 is 0 Å². The number of aromatic nitrogens is 2. The van der Waals surface area contributed by atoms with Crippen molar-refractivity contribution in [2.24, 2.45) is 0 Å². The van der Waals surface area contributed by atoms with Crippen LogP contribution in [0.4, 0.5) is 0 Å². The van der Waals surface area contributed by atoms with Gasteiger partial charge in [-0.2, -0.15) is 0 Å². The number of hydrogen-bond acceptors (Lipinski definition) is 1. The Morgan fingerprint density at radius 1 is 0.750 bits per heavy atom. The van der Waals surface area contributed by atoms with Crippen molar-refractivity contribution < 1.29 is 14.5 Å². The molecule has 0 spiro atoms. The van der Waals surface area contributed by atoms with Crippen LogP contribution in [0.1, 0.15) is 96.3 Å². The maximum Gasteiger partial charge on any atom is 0.303 e. The van der Waals surface area contributed by atoms with E-state index in [4.69, 9.17) is 5.11 Å². The van der Waals surface area contributed by atoms with Crippen molar-refractivity contribution in [3.05, 3.63) is 18.7 Å². The van der Waals surface area contributed by atoms with E-state index in [0.29, 0.717) is 6.42 Å². The van der Waals surface area contributed by atoms with Crippen molar-refractivity contribution in [3.63, 3.8) is 0 Å². The number of carboxylic acid groups (broad SMARTS) is 1. The highest BCUT2D eigenvalue weighted by atomic mass is 16.4. The summed E-state index contributed by atoms with van der Waals surface area (Å²) in [6, 6.07) is 0. The number of H-pyrrole nitrogens is 1. The van der Waals surface area contributed by atoms with Gasteiger partial charge in [0, 0.05) is 6.42 Å².